The van der Waals surface area contributed by atoms with E-state index in [1.54, 1.807) is 0 Å². The lowest BCUT2D eigenvalue weighted by Crippen LogP contribution is -2.69. The number of carboxylic acids is 1. The van der Waals surface area contributed by atoms with Gasteiger partial charge in [-0.2, -0.15) is 0 Å². The summed E-state index contributed by atoms with van der Waals surface area (Å²) in [5.74, 6) is 1.70. The number of aliphatic hydroxyl groups is 1. The molecule has 8 aliphatic rings. The summed E-state index contributed by atoms with van der Waals surface area (Å²) >= 11 is 0. The zero-order valence-electron chi connectivity index (χ0n) is 37.0. The van der Waals surface area contributed by atoms with Crippen molar-refractivity contribution in [1.29, 1.82) is 0 Å². The number of hydrogen-bond donors (Lipinski definition) is 3. The number of esters is 1. The number of aliphatic hydroxyl groups excluding tert-OH is 1. The van der Waals surface area contributed by atoms with Crippen molar-refractivity contribution in [3.63, 3.8) is 0 Å². The Balaban J connectivity index is 0.998. The Morgan fingerprint density at radius 2 is 1.46 bits per heavy atom. The fourth-order valence-corrected chi connectivity index (χ4v) is 17.9. The van der Waals surface area contributed by atoms with Crippen molar-refractivity contribution in [1.82, 2.24) is 10.2 Å². The average Bonchev–Trinajstić information content (AvgIpc) is 3.74. The van der Waals surface area contributed by atoms with E-state index in [9.17, 15) is 28.2 Å². The Morgan fingerprint density at radius 3 is 2.07 bits per heavy atom. The van der Waals surface area contributed by atoms with Gasteiger partial charge in [0.15, 0.2) is 9.84 Å². The van der Waals surface area contributed by atoms with Crippen molar-refractivity contribution in [2.45, 2.75) is 176 Å². The lowest BCUT2D eigenvalue weighted by atomic mass is 9.32. The summed E-state index contributed by atoms with van der Waals surface area (Å²) < 4.78 is 30.9. The number of fused-ring (bicyclic) bond motifs is 7. The SMILES string of the molecule is C[C@H](O)[C@@H](CCN[C@]12CC[C@@H](C3(C)CC3)[C@@H]1[C@H]1CC[C@@H]3[C@@]4(C)CC[C@H](OC(=O)[C@H]5C[C@@H](C(=O)O)C5(C)C)C(C)(C)[C@@H]4CC[C@@]3(C)[C@]1(C)CC2)N1CCS(=O)(=O)CC1. The van der Waals surface area contributed by atoms with Gasteiger partial charge in [0.05, 0.1) is 29.4 Å². The largest absolute Gasteiger partial charge is 0.481 e. The van der Waals surface area contributed by atoms with E-state index in [4.69, 9.17) is 4.74 Å². The summed E-state index contributed by atoms with van der Waals surface area (Å²) in [7, 11) is -2.97. The molecule has 0 amide bonds. The van der Waals surface area contributed by atoms with E-state index in [2.05, 4.69) is 51.8 Å². The molecule has 3 N–H and O–H groups in total. The third-order valence-electron chi connectivity index (χ3n) is 20.7. The third-order valence-corrected chi connectivity index (χ3v) is 22.3. The van der Waals surface area contributed by atoms with Gasteiger partial charge in [-0.3, -0.25) is 14.5 Å². The first kappa shape index (κ1) is 42.5. The van der Waals surface area contributed by atoms with Gasteiger partial charge < -0.3 is 20.3 Å². The molecular weight excluding hydrogens is 737 g/mol. The second-order valence-electron chi connectivity index (χ2n) is 23.6. The fraction of sp³-hybridized carbons (Fsp3) is 0.957. The summed E-state index contributed by atoms with van der Waals surface area (Å²) in [5.41, 5.74) is 0.501. The smallest absolute Gasteiger partial charge is 0.309 e. The van der Waals surface area contributed by atoms with Gasteiger partial charge in [0, 0.05) is 30.1 Å². The Kier molecular flexibility index (Phi) is 10.3. The highest BCUT2D eigenvalue weighted by atomic mass is 32.2. The first-order valence-corrected chi connectivity index (χ1v) is 25.1. The number of carboxylic acid groups (broad SMARTS) is 1. The van der Waals surface area contributed by atoms with Gasteiger partial charge >= 0.3 is 11.9 Å². The number of rotatable bonds is 10. The maximum absolute atomic E-state index is 13.7. The quantitative estimate of drug-likeness (QED) is 0.190. The summed E-state index contributed by atoms with van der Waals surface area (Å²) in [6, 6.07) is -0.0302. The summed E-state index contributed by atoms with van der Waals surface area (Å²) in [6.07, 6.45) is 15.2. The number of nitrogens with one attached hydrogen (secondary N) is 1. The van der Waals surface area contributed by atoms with Gasteiger partial charge in [-0.05, 0) is 160 Å². The molecule has 1 saturated heterocycles. The molecule has 0 unspecified atom stereocenters. The minimum absolute atomic E-state index is 0.0302. The van der Waals surface area contributed by atoms with E-state index < -0.39 is 33.2 Å². The molecule has 1 aliphatic heterocycles. The molecule has 8 fully saturated rings. The lowest BCUT2D eigenvalue weighted by molar-refractivity contribution is -0.249. The van der Waals surface area contributed by atoms with E-state index in [-0.39, 0.29) is 62.7 Å². The van der Waals surface area contributed by atoms with Crippen molar-refractivity contribution in [2.24, 2.45) is 73.9 Å². The number of nitrogens with zero attached hydrogens (tertiary/aromatic N) is 1. The molecule has 9 nitrogen and oxygen atoms in total. The first-order chi connectivity index (χ1) is 26.5. The molecule has 324 valence electrons. The summed E-state index contributed by atoms with van der Waals surface area (Å²) in [6.45, 7) is 22.9. The highest BCUT2D eigenvalue weighted by Crippen LogP contribution is 2.78. The van der Waals surface area contributed by atoms with Crippen LogP contribution in [0.4, 0.5) is 0 Å². The van der Waals surface area contributed by atoms with Crippen LogP contribution in [0.15, 0.2) is 0 Å². The highest BCUT2D eigenvalue weighted by molar-refractivity contribution is 7.91. The van der Waals surface area contributed by atoms with Crippen LogP contribution in [-0.2, 0) is 24.2 Å². The molecule has 57 heavy (non-hydrogen) atoms. The molecule has 14 atom stereocenters. The van der Waals surface area contributed by atoms with E-state index in [1.165, 1.54) is 57.8 Å². The van der Waals surface area contributed by atoms with Crippen molar-refractivity contribution in [3.8, 4) is 0 Å². The van der Waals surface area contributed by atoms with Gasteiger partial charge in [0.2, 0.25) is 0 Å². The number of sulfone groups is 1. The monoisotopic (exact) mass is 815 g/mol. The minimum Gasteiger partial charge on any atom is -0.481 e. The highest BCUT2D eigenvalue weighted by Gasteiger charge is 2.72. The van der Waals surface area contributed by atoms with Crippen LogP contribution in [0.5, 0.6) is 0 Å². The summed E-state index contributed by atoms with van der Waals surface area (Å²) in [5, 5.41) is 24.9. The summed E-state index contributed by atoms with van der Waals surface area (Å²) in [4.78, 5) is 27.7. The molecular formula is C47H78N2O7S. The lowest BCUT2D eigenvalue weighted by Gasteiger charge is -2.73. The Hall–Kier alpha value is -1.23. The van der Waals surface area contributed by atoms with Crippen molar-refractivity contribution in [2.75, 3.05) is 31.1 Å². The van der Waals surface area contributed by atoms with Gasteiger partial charge in [-0.15, -0.1) is 0 Å². The zero-order valence-corrected chi connectivity index (χ0v) is 37.8. The normalized spacial score (nSPS) is 47.5. The molecule has 0 aromatic heterocycles. The zero-order chi connectivity index (χ0) is 41.4. The van der Waals surface area contributed by atoms with Gasteiger partial charge in [0.1, 0.15) is 6.10 Å². The van der Waals surface area contributed by atoms with Crippen LogP contribution < -0.4 is 5.32 Å². The van der Waals surface area contributed by atoms with Crippen LogP contribution in [0.1, 0.15) is 152 Å². The van der Waals surface area contributed by atoms with Crippen molar-refractivity contribution < 1.29 is 33.0 Å². The number of ether oxygens (including phenoxy) is 1. The predicted octanol–water partition coefficient (Wildman–Crippen LogP) is 7.74. The molecule has 10 heteroatoms. The number of hydrogen-bond acceptors (Lipinski definition) is 8. The Morgan fingerprint density at radius 1 is 0.772 bits per heavy atom. The average molecular weight is 815 g/mol. The van der Waals surface area contributed by atoms with Crippen LogP contribution in [0.25, 0.3) is 0 Å². The van der Waals surface area contributed by atoms with E-state index in [1.807, 2.05) is 20.8 Å². The number of carbonyl (C=O) groups is 2. The van der Waals surface area contributed by atoms with Crippen LogP contribution in [-0.4, -0.2) is 90.4 Å². The molecule has 0 aromatic carbocycles. The minimum atomic E-state index is -2.97. The molecule has 1 heterocycles. The maximum Gasteiger partial charge on any atom is 0.309 e. The number of aliphatic carboxylic acids is 1. The van der Waals surface area contributed by atoms with Gasteiger partial charge in [0.25, 0.3) is 0 Å². The fourth-order valence-electron chi connectivity index (χ4n) is 16.7. The van der Waals surface area contributed by atoms with Gasteiger partial charge in [-0.1, -0.05) is 55.4 Å². The molecule has 8 rings (SSSR count). The van der Waals surface area contributed by atoms with Crippen LogP contribution in [0.3, 0.4) is 0 Å². The van der Waals surface area contributed by atoms with Gasteiger partial charge in [-0.25, -0.2) is 8.42 Å². The van der Waals surface area contributed by atoms with E-state index in [0.29, 0.717) is 48.6 Å². The van der Waals surface area contributed by atoms with Crippen LogP contribution in [0.2, 0.25) is 0 Å². The molecule has 0 radical (unpaired) electrons. The van der Waals surface area contributed by atoms with Crippen molar-refractivity contribution in [3.05, 3.63) is 0 Å². The number of carbonyl (C=O) groups excluding carboxylic acids is 1. The van der Waals surface area contributed by atoms with E-state index >= 15 is 0 Å². The van der Waals surface area contributed by atoms with E-state index in [0.717, 1.165) is 38.1 Å². The molecule has 7 aliphatic carbocycles. The maximum atomic E-state index is 13.7. The Bertz CT molecular complexity index is 1690. The topological polar surface area (TPSA) is 133 Å². The van der Waals surface area contributed by atoms with Crippen LogP contribution >= 0.6 is 0 Å². The van der Waals surface area contributed by atoms with Crippen molar-refractivity contribution >= 4 is 21.8 Å². The standard InChI is InChI=1S/C47H78N2O7S/c1-29(50)34(49-24-26-57(54,55)27-25-49)15-23-48-47-18-12-30(43(6)19-20-43)38(47)31-10-11-36-44(7)16-14-37(56-40(53)33-28-32(39(51)52)41(33,2)3)42(4,5)35(44)13-17-46(36,9)45(31,8)21-22-47/h29-38,48,50H,10-28H2,1-9H3,(H,51,52)/t29-,30+,31+,32-,33+,34+,35-,36+,37-,38+,44-,45+,46+,47-/m0/s1. The van der Waals surface area contributed by atoms with Crippen LogP contribution in [0, 0.1) is 73.9 Å². The second kappa shape index (κ2) is 13.9. The first-order valence-electron chi connectivity index (χ1n) is 23.3. The molecule has 7 saturated carbocycles. The molecule has 0 spiro atoms. The third kappa shape index (κ3) is 6.45. The second-order valence-corrected chi connectivity index (χ2v) is 26.0. The molecule has 0 bridgehead atoms. The molecule has 0 aromatic rings. The Labute approximate surface area is 344 Å². The predicted molar refractivity (Wildman–Crippen MR) is 223 cm³/mol.